The Labute approximate surface area is 175 Å². The van der Waals surface area contributed by atoms with Gasteiger partial charge in [-0.15, -0.1) is 0 Å². The van der Waals surface area contributed by atoms with Gasteiger partial charge >= 0.3 is 0 Å². The van der Waals surface area contributed by atoms with Crippen LogP contribution in [0.15, 0.2) is 52.9 Å². The van der Waals surface area contributed by atoms with Crippen LogP contribution in [0.25, 0.3) is 11.1 Å². The molecule has 2 aliphatic rings. The van der Waals surface area contributed by atoms with Gasteiger partial charge in [-0.3, -0.25) is 9.59 Å². The van der Waals surface area contributed by atoms with Crippen LogP contribution in [0.1, 0.15) is 61.8 Å². The van der Waals surface area contributed by atoms with E-state index in [-0.39, 0.29) is 22.5 Å². The van der Waals surface area contributed by atoms with Crippen LogP contribution >= 0.6 is 0 Å². The number of carbonyl (C=O) groups is 2. The van der Waals surface area contributed by atoms with Crippen molar-refractivity contribution in [2.75, 3.05) is 6.54 Å². The number of benzene rings is 2. The summed E-state index contributed by atoms with van der Waals surface area (Å²) in [5.74, 6) is 0.753. The number of nitrogens with one attached hydrogen (secondary N) is 1. The lowest BCUT2D eigenvalue weighted by molar-refractivity contribution is -0.143. The second kappa shape index (κ2) is 6.27. The monoisotopic (exact) mass is 402 g/mol. The third-order valence-electron chi connectivity index (χ3n) is 6.84. The average molecular weight is 402 g/mol. The molecule has 1 saturated heterocycles. The number of rotatable bonds is 3. The molecule has 30 heavy (non-hydrogen) atoms. The van der Waals surface area contributed by atoms with E-state index in [2.05, 4.69) is 26.1 Å². The van der Waals surface area contributed by atoms with Gasteiger partial charge in [0, 0.05) is 28.5 Å². The van der Waals surface area contributed by atoms with Gasteiger partial charge in [0.05, 0.1) is 0 Å². The van der Waals surface area contributed by atoms with Gasteiger partial charge < -0.3 is 9.73 Å². The molecule has 1 aliphatic carbocycles. The largest absolute Gasteiger partial charge is 0.440 e. The molecule has 1 amide bonds. The molecule has 2 unspecified atom stereocenters. The van der Waals surface area contributed by atoms with Gasteiger partial charge in [-0.25, -0.2) is 4.98 Å². The lowest BCUT2D eigenvalue weighted by Crippen LogP contribution is -2.59. The number of oxazole rings is 1. The molecular formula is C25H26N2O3. The zero-order chi connectivity index (χ0) is 21.1. The highest BCUT2D eigenvalue weighted by molar-refractivity contribution is 6.10. The zero-order valence-electron chi connectivity index (χ0n) is 17.6. The molecular weight excluding hydrogens is 376 g/mol. The molecule has 1 N–H and O–H groups in total. The summed E-state index contributed by atoms with van der Waals surface area (Å²) in [5, 5.41) is 3.09. The standard InChI is InChI=1S/C25H26N2O3/c1-23-12-24(2,21(29)26-15-23)14-25(3,13-23)22-27-18-11-17(9-10-19(18)30-22)20(28)16-7-5-4-6-8-16/h4-11H,12-15H2,1-3H3,(H,26,29)/t23?,24?,25-/m0/s1. The molecule has 5 rings (SSSR count). The highest BCUT2D eigenvalue weighted by Gasteiger charge is 2.57. The number of amides is 1. The average Bonchev–Trinajstić information content (AvgIpc) is 3.15. The second-order valence-corrected chi connectivity index (χ2v) is 10.0. The summed E-state index contributed by atoms with van der Waals surface area (Å²) in [6.07, 6.45) is 2.49. The van der Waals surface area contributed by atoms with Crippen molar-refractivity contribution in [2.24, 2.45) is 10.8 Å². The summed E-state index contributed by atoms with van der Waals surface area (Å²) in [5.41, 5.74) is 1.87. The van der Waals surface area contributed by atoms with Crippen molar-refractivity contribution in [3.05, 3.63) is 65.5 Å². The molecule has 5 heteroatoms. The minimum Gasteiger partial charge on any atom is -0.440 e. The molecule has 0 radical (unpaired) electrons. The van der Waals surface area contributed by atoms with E-state index in [1.54, 1.807) is 12.1 Å². The van der Waals surface area contributed by atoms with E-state index in [9.17, 15) is 9.59 Å². The minimum absolute atomic E-state index is 0.0186. The van der Waals surface area contributed by atoms with Gasteiger partial charge in [-0.1, -0.05) is 51.1 Å². The Hall–Kier alpha value is -2.95. The molecule has 2 heterocycles. The van der Waals surface area contributed by atoms with E-state index in [0.717, 1.165) is 12.8 Å². The van der Waals surface area contributed by atoms with E-state index in [4.69, 9.17) is 9.40 Å². The number of hydrogen-bond acceptors (Lipinski definition) is 4. The van der Waals surface area contributed by atoms with Crippen LogP contribution in [0.5, 0.6) is 0 Å². The molecule has 2 bridgehead atoms. The second-order valence-electron chi connectivity index (χ2n) is 10.0. The van der Waals surface area contributed by atoms with Gasteiger partial charge in [0.1, 0.15) is 5.52 Å². The first-order chi connectivity index (χ1) is 14.2. The summed E-state index contributed by atoms with van der Waals surface area (Å²) in [6.45, 7) is 7.13. The fourth-order valence-electron chi connectivity index (χ4n) is 5.96. The highest BCUT2D eigenvalue weighted by atomic mass is 16.3. The Bertz CT molecular complexity index is 1170. The van der Waals surface area contributed by atoms with Crippen LogP contribution in [0, 0.1) is 10.8 Å². The zero-order valence-corrected chi connectivity index (χ0v) is 17.6. The first kappa shape index (κ1) is 19.0. The Morgan fingerprint density at radius 2 is 1.70 bits per heavy atom. The molecule has 1 aliphatic heterocycles. The number of piperidine rings is 1. The van der Waals surface area contributed by atoms with Gasteiger partial charge in [-0.05, 0) is 42.9 Å². The maximum absolute atomic E-state index is 12.8. The van der Waals surface area contributed by atoms with Crippen molar-refractivity contribution >= 4 is 22.8 Å². The van der Waals surface area contributed by atoms with Crippen LogP contribution in [-0.4, -0.2) is 23.2 Å². The van der Waals surface area contributed by atoms with Crippen molar-refractivity contribution in [3.8, 4) is 0 Å². The van der Waals surface area contributed by atoms with Gasteiger partial charge in [0.2, 0.25) is 11.8 Å². The van der Waals surface area contributed by atoms with Crippen LogP contribution in [0.4, 0.5) is 0 Å². The molecule has 1 saturated carbocycles. The quantitative estimate of drug-likeness (QED) is 0.648. The van der Waals surface area contributed by atoms with Gasteiger partial charge in [-0.2, -0.15) is 0 Å². The van der Waals surface area contributed by atoms with Crippen LogP contribution in [0.3, 0.4) is 0 Å². The molecule has 3 aromatic rings. The Morgan fingerprint density at radius 3 is 2.47 bits per heavy atom. The summed E-state index contributed by atoms with van der Waals surface area (Å²) in [7, 11) is 0. The minimum atomic E-state index is -0.422. The predicted octanol–water partition coefficient (Wildman–Crippen LogP) is 4.64. The first-order valence-electron chi connectivity index (χ1n) is 10.5. The lowest BCUT2D eigenvalue weighted by Gasteiger charge is -2.54. The fourth-order valence-corrected chi connectivity index (χ4v) is 5.96. The molecule has 1 aromatic heterocycles. The van der Waals surface area contributed by atoms with E-state index in [0.29, 0.717) is 41.1 Å². The van der Waals surface area contributed by atoms with Crippen molar-refractivity contribution < 1.29 is 14.0 Å². The summed E-state index contributed by atoms with van der Waals surface area (Å²) in [4.78, 5) is 30.2. The maximum Gasteiger partial charge on any atom is 0.226 e. The molecule has 2 fully saturated rings. The van der Waals surface area contributed by atoms with Crippen LogP contribution in [-0.2, 0) is 10.2 Å². The van der Waals surface area contributed by atoms with E-state index in [1.165, 1.54) is 0 Å². The van der Waals surface area contributed by atoms with Crippen LogP contribution in [0.2, 0.25) is 0 Å². The van der Waals surface area contributed by atoms with Crippen molar-refractivity contribution in [2.45, 2.75) is 45.4 Å². The number of fused-ring (bicyclic) bond motifs is 3. The van der Waals surface area contributed by atoms with Crippen molar-refractivity contribution in [3.63, 3.8) is 0 Å². The molecule has 154 valence electrons. The normalized spacial score (nSPS) is 30.8. The summed E-state index contributed by atoms with van der Waals surface area (Å²) in [6, 6.07) is 14.7. The predicted molar refractivity (Wildman–Crippen MR) is 114 cm³/mol. The van der Waals surface area contributed by atoms with Gasteiger partial charge in [0.25, 0.3) is 0 Å². The third kappa shape index (κ3) is 2.95. The third-order valence-corrected chi connectivity index (χ3v) is 6.84. The molecule has 3 atom stereocenters. The number of carbonyl (C=O) groups excluding carboxylic acids is 2. The smallest absolute Gasteiger partial charge is 0.226 e. The molecule has 0 spiro atoms. The van der Waals surface area contributed by atoms with Crippen molar-refractivity contribution in [1.29, 1.82) is 0 Å². The maximum atomic E-state index is 12.8. The van der Waals surface area contributed by atoms with Crippen LogP contribution < -0.4 is 5.32 Å². The number of aromatic nitrogens is 1. The lowest BCUT2D eigenvalue weighted by atomic mass is 9.52. The van der Waals surface area contributed by atoms with E-state index < -0.39 is 5.41 Å². The number of nitrogens with zero attached hydrogens (tertiary/aromatic N) is 1. The Balaban J connectivity index is 1.52. The number of hydrogen-bond donors (Lipinski definition) is 1. The van der Waals surface area contributed by atoms with Crippen molar-refractivity contribution in [1.82, 2.24) is 10.3 Å². The Morgan fingerprint density at radius 1 is 0.967 bits per heavy atom. The highest BCUT2D eigenvalue weighted by Crippen LogP contribution is 2.56. The van der Waals surface area contributed by atoms with E-state index in [1.807, 2.05) is 36.4 Å². The summed E-state index contributed by atoms with van der Waals surface area (Å²) < 4.78 is 6.19. The SMILES string of the molecule is CC12CNC(=O)C(C)(C1)C[C@@](C)(c1nc3cc(C(=O)c4ccccc4)ccc3o1)C2. The van der Waals surface area contributed by atoms with E-state index >= 15 is 0 Å². The topological polar surface area (TPSA) is 72.2 Å². The first-order valence-corrected chi connectivity index (χ1v) is 10.5. The molecule has 2 aromatic carbocycles. The molecule has 5 nitrogen and oxygen atoms in total. The summed E-state index contributed by atoms with van der Waals surface area (Å²) >= 11 is 0. The van der Waals surface area contributed by atoms with Gasteiger partial charge in [0.15, 0.2) is 11.4 Å². The Kier molecular flexibility index (Phi) is 3.98. The fraction of sp³-hybridized carbons (Fsp3) is 0.400. The number of ketones is 1.